The van der Waals surface area contributed by atoms with Gasteiger partial charge in [0.05, 0.1) is 24.6 Å². The van der Waals surface area contributed by atoms with Gasteiger partial charge < -0.3 is 20.1 Å². The number of imide groups is 1. The number of allylic oxidation sites excluding steroid dienone is 6. The Balaban J connectivity index is 1.46. The number of ketones is 2. The van der Waals surface area contributed by atoms with Gasteiger partial charge in [0.1, 0.15) is 11.3 Å². The van der Waals surface area contributed by atoms with Crippen molar-refractivity contribution in [3.63, 3.8) is 0 Å². The van der Waals surface area contributed by atoms with Crippen LogP contribution in [-0.4, -0.2) is 51.8 Å². The molecule has 1 fully saturated rings. The van der Waals surface area contributed by atoms with E-state index in [9.17, 15) is 39.3 Å². The number of aromatic hydroxyl groups is 2. The van der Waals surface area contributed by atoms with Crippen LogP contribution in [0.2, 0.25) is 0 Å². The van der Waals surface area contributed by atoms with Crippen LogP contribution in [0.4, 0.5) is 5.69 Å². The average Bonchev–Trinajstić information content (AvgIpc) is 3.19. The van der Waals surface area contributed by atoms with E-state index in [-0.39, 0.29) is 52.7 Å². The van der Waals surface area contributed by atoms with Gasteiger partial charge >= 0.3 is 5.97 Å². The second-order valence-electron chi connectivity index (χ2n) is 10.7. The SMILES string of the molecule is COc1ccc([C@H]2C3=CC[C@@H]4C(=O)N(c5ccc(C(=O)O)c(O)c5)C(=O)[C@@H]4[C@@H]3CC3=C2C(=O)C(C)=CC3=O)cc1O. The number of phenolic OH excluding ortho intramolecular Hbond substituents is 1. The predicted octanol–water partition coefficient (Wildman–Crippen LogP) is 3.44. The number of carbonyl (C=O) groups excluding carboxylic acids is 4. The van der Waals surface area contributed by atoms with E-state index in [2.05, 4.69) is 0 Å². The molecule has 3 aliphatic carbocycles. The van der Waals surface area contributed by atoms with Crippen molar-refractivity contribution in [3.05, 3.63) is 82.0 Å². The molecule has 0 aromatic heterocycles. The van der Waals surface area contributed by atoms with E-state index in [1.54, 1.807) is 19.1 Å². The fourth-order valence-corrected chi connectivity index (χ4v) is 6.72. The number of carbonyl (C=O) groups is 5. The second-order valence-corrected chi connectivity index (χ2v) is 10.7. The molecule has 0 spiro atoms. The smallest absolute Gasteiger partial charge is 0.339 e. The molecule has 0 saturated carbocycles. The molecule has 0 radical (unpaired) electrons. The number of Topliss-reactive ketones (excluding diaryl/α,β-unsaturated/α-hetero) is 1. The van der Waals surface area contributed by atoms with Crippen LogP contribution in [0.3, 0.4) is 0 Å². The number of ether oxygens (including phenoxy) is 1. The number of fused-ring (bicyclic) bond motifs is 3. The lowest BCUT2D eigenvalue weighted by Crippen LogP contribution is -2.39. The summed E-state index contributed by atoms with van der Waals surface area (Å²) in [6.07, 6.45) is 3.44. The zero-order chi connectivity index (χ0) is 29.3. The summed E-state index contributed by atoms with van der Waals surface area (Å²) in [6, 6.07) is 8.25. The fraction of sp³-hybridized carbons (Fsp3) is 0.258. The number of carboxylic acid groups (broad SMARTS) is 1. The summed E-state index contributed by atoms with van der Waals surface area (Å²) in [7, 11) is 1.41. The molecule has 3 N–H and O–H groups in total. The molecular formula is C31H25NO9. The minimum atomic E-state index is -1.35. The highest BCUT2D eigenvalue weighted by molar-refractivity contribution is 6.25. The van der Waals surface area contributed by atoms with Crippen molar-refractivity contribution in [1.29, 1.82) is 0 Å². The molecule has 2 amide bonds. The number of amides is 2. The van der Waals surface area contributed by atoms with E-state index < -0.39 is 47.2 Å². The van der Waals surface area contributed by atoms with Crippen molar-refractivity contribution < 1.29 is 44.0 Å². The van der Waals surface area contributed by atoms with E-state index in [0.29, 0.717) is 16.7 Å². The van der Waals surface area contributed by atoms with E-state index >= 15 is 0 Å². The normalized spacial score (nSPS) is 25.4. The van der Waals surface area contributed by atoms with Crippen molar-refractivity contribution in [3.8, 4) is 17.2 Å². The third-order valence-corrected chi connectivity index (χ3v) is 8.57. The molecule has 0 unspecified atom stereocenters. The topological polar surface area (TPSA) is 159 Å². The van der Waals surface area contributed by atoms with Gasteiger partial charge in [0, 0.05) is 28.7 Å². The third kappa shape index (κ3) is 3.81. The van der Waals surface area contributed by atoms with Crippen LogP contribution in [0, 0.1) is 17.8 Å². The number of benzene rings is 2. The lowest BCUT2D eigenvalue weighted by molar-refractivity contribution is -0.123. The molecule has 2 aromatic rings. The fourth-order valence-electron chi connectivity index (χ4n) is 6.72. The molecule has 1 saturated heterocycles. The number of nitrogens with zero attached hydrogens (tertiary/aromatic N) is 1. The van der Waals surface area contributed by atoms with E-state index in [4.69, 9.17) is 4.74 Å². The minimum Gasteiger partial charge on any atom is -0.507 e. The first-order chi connectivity index (χ1) is 19.5. The number of aromatic carboxylic acids is 1. The van der Waals surface area contributed by atoms with Gasteiger partial charge in [0.15, 0.2) is 23.1 Å². The minimum absolute atomic E-state index is 0.0493. The van der Waals surface area contributed by atoms with Crippen molar-refractivity contribution in [2.75, 3.05) is 12.0 Å². The Hall–Kier alpha value is -4.99. The second kappa shape index (κ2) is 9.29. The first-order valence-corrected chi connectivity index (χ1v) is 13.0. The Kier molecular flexibility index (Phi) is 5.95. The first-order valence-electron chi connectivity index (χ1n) is 13.0. The molecule has 4 aliphatic rings. The zero-order valence-electron chi connectivity index (χ0n) is 22.1. The summed E-state index contributed by atoms with van der Waals surface area (Å²) in [5.41, 5.74) is 1.84. The lowest BCUT2D eigenvalue weighted by Gasteiger charge is -2.42. The van der Waals surface area contributed by atoms with Crippen LogP contribution in [0.1, 0.15) is 41.6 Å². The van der Waals surface area contributed by atoms with Gasteiger partial charge in [0.25, 0.3) is 0 Å². The number of hydrogen-bond donors (Lipinski definition) is 3. The van der Waals surface area contributed by atoms with Gasteiger partial charge in [-0.3, -0.25) is 19.2 Å². The Morgan fingerprint density at radius 3 is 2.39 bits per heavy atom. The summed E-state index contributed by atoms with van der Waals surface area (Å²) in [6.45, 7) is 1.58. The first kappa shape index (κ1) is 26.2. The maximum absolute atomic E-state index is 13.9. The van der Waals surface area contributed by atoms with E-state index in [1.165, 1.54) is 25.3 Å². The number of methoxy groups -OCH3 is 1. The average molecular weight is 556 g/mol. The highest BCUT2D eigenvalue weighted by Gasteiger charge is 2.56. The van der Waals surface area contributed by atoms with Crippen molar-refractivity contribution >= 4 is 35.0 Å². The summed E-state index contributed by atoms with van der Waals surface area (Å²) in [4.78, 5) is 66.5. The molecule has 4 atom stereocenters. The quantitative estimate of drug-likeness (QED) is 0.292. The molecule has 10 heteroatoms. The summed E-state index contributed by atoms with van der Waals surface area (Å²) in [5, 5.41) is 30.0. The van der Waals surface area contributed by atoms with E-state index in [1.807, 2.05) is 6.08 Å². The number of rotatable bonds is 4. The number of carboxylic acids is 1. The van der Waals surface area contributed by atoms with Crippen LogP contribution < -0.4 is 9.64 Å². The molecule has 1 heterocycles. The Bertz CT molecular complexity index is 1690. The van der Waals surface area contributed by atoms with Crippen LogP contribution in [0.5, 0.6) is 17.2 Å². The number of anilines is 1. The highest BCUT2D eigenvalue weighted by atomic mass is 16.5. The maximum atomic E-state index is 13.9. The Morgan fingerprint density at radius 1 is 0.976 bits per heavy atom. The summed E-state index contributed by atoms with van der Waals surface area (Å²) >= 11 is 0. The number of hydrogen-bond acceptors (Lipinski definition) is 8. The molecule has 2 aromatic carbocycles. The van der Waals surface area contributed by atoms with E-state index in [0.717, 1.165) is 22.6 Å². The Morgan fingerprint density at radius 2 is 1.73 bits per heavy atom. The van der Waals surface area contributed by atoms with Crippen molar-refractivity contribution in [2.45, 2.75) is 25.7 Å². The predicted molar refractivity (Wildman–Crippen MR) is 144 cm³/mol. The Labute approximate surface area is 233 Å². The number of phenols is 2. The van der Waals surface area contributed by atoms with Crippen LogP contribution in [0.25, 0.3) is 0 Å². The van der Waals surface area contributed by atoms with Crippen LogP contribution >= 0.6 is 0 Å². The standard InChI is InChI=1S/C31H25NO9/c1-13-9-21(33)20-12-19-16(25(27(20)28(13)36)14-3-8-24(41-2)23(35)10-14)6-7-18-26(19)30(38)32(29(18)37)15-4-5-17(31(39)40)22(34)11-15/h3-6,8-11,18-19,25-26,34-35H,7,12H2,1-2H3,(H,39,40)/t18-,19+,25-,26-/m0/s1. The van der Waals surface area contributed by atoms with Crippen molar-refractivity contribution in [1.82, 2.24) is 0 Å². The monoisotopic (exact) mass is 555 g/mol. The van der Waals surface area contributed by atoms with Gasteiger partial charge in [-0.05, 0) is 61.6 Å². The molecule has 208 valence electrons. The van der Waals surface area contributed by atoms with Crippen LogP contribution in [-0.2, 0) is 19.2 Å². The zero-order valence-corrected chi connectivity index (χ0v) is 22.1. The van der Waals surface area contributed by atoms with Gasteiger partial charge in [-0.2, -0.15) is 0 Å². The largest absolute Gasteiger partial charge is 0.507 e. The molecule has 1 aliphatic heterocycles. The highest BCUT2D eigenvalue weighted by Crippen LogP contribution is 2.56. The molecule has 10 nitrogen and oxygen atoms in total. The van der Waals surface area contributed by atoms with Gasteiger partial charge in [-0.25, -0.2) is 9.69 Å². The maximum Gasteiger partial charge on any atom is 0.339 e. The van der Waals surface area contributed by atoms with Gasteiger partial charge in [-0.15, -0.1) is 0 Å². The molecule has 0 bridgehead atoms. The summed E-state index contributed by atoms with van der Waals surface area (Å²) < 4.78 is 5.18. The van der Waals surface area contributed by atoms with Gasteiger partial charge in [-0.1, -0.05) is 17.7 Å². The van der Waals surface area contributed by atoms with Crippen LogP contribution in [0.15, 0.2) is 70.8 Å². The summed E-state index contributed by atoms with van der Waals surface area (Å²) in [5.74, 6) is -6.37. The molecule has 6 rings (SSSR count). The third-order valence-electron chi connectivity index (χ3n) is 8.57. The lowest BCUT2D eigenvalue weighted by atomic mass is 9.59. The molecule has 41 heavy (non-hydrogen) atoms. The van der Waals surface area contributed by atoms with Gasteiger partial charge in [0.2, 0.25) is 11.8 Å². The van der Waals surface area contributed by atoms with Crippen molar-refractivity contribution in [2.24, 2.45) is 17.8 Å². The molecular weight excluding hydrogens is 530 g/mol.